The van der Waals surface area contributed by atoms with Crippen LogP contribution >= 0.6 is 0 Å². The number of aromatic nitrogens is 1. The molecule has 1 aliphatic rings. The van der Waals surface area contributed by atoms with E-state index in [1.807, 2.05) is 24.0 Å². The third kappa shape index (κ3) is 2.15. The third-order valence-electron chi connectivity index (χ3n) is 2.98. The highest BCUT2D eigenvalue weighted by molar-refractivity contribution is 5.77. The molecule has 0 radical (unpaired) electrons. The van der Waals surface area contributed by atoms with E-state index in [1.165, 1.54) is 0 Å². The molecule has 0 aliphatic carbocycles. The molecule has 1 N–H and O–H groups in total. The van der Waals surface area contributed by atoms with E-state index in [9.17, 15) is 4.79 Å². The number of nitrogens with zero attached hydrogens (tertiary/aromatic N) is 2. The standard InChI is InChI=1S/C12H16N2O2/c1-9-5-6-11(13-8-9)14-7-3-2-4-10(14)12(15)16/h5-6,8,10H,2-4,7H2,1H3,(H,15,16). The molecule has 4 nitrogen and oxygen atoms in total. The Labute approximate surface area is 94.9 Å². The first-order valence-corrected chi connectivity index (χ1v) is 5.60. The minimum Gasteiger partial charge on any atom is -0.480 e. The summed E-state index contributed by atoms with van der Waals surface area (Å²) in [6.45, 7) is 2.76. The molecule has 1 aliphatic heterocycles. The number of hydrogen-bond donors (Lipinski definition) is 1. The number of piperidine rings is 1. The lowest BCUT2D eigenvalue weighted by atomic mass is 10.0. The first kappa shape index (κ1) is 10.9. The van der Waals surface area contributed by atoms with E-state index in [0.717, 1.165) is 30.8 Å². The average molecular weight is 220 g/mol. The second-order valence-electron chi connectivity index (χ2n) is 4.24. The van der Waals surface area contributed by atoms with Gasteiger partial charge in [-0.2, -0.15) is 0 Å². The van der Waals surface area contributed by atoms with Crippen LogP contribution in [0.15, 0.2) is 18.3 Å². The maximum atomic E-state index is 11.1. The van der Waals surface area contributed by atoms with Crippen LogP contribution in [-0.4, -0.2) is 28.6 Å². The molecule has 0 saturated carbocycles. The fraction of sp³-hybridized carbons (Fsp3) is 0.500. The second kappa shape index (κ2) is 4.51. The quantitative estimate of drug-likeness (QED) is 0.826. The van der Waals surface area contributed by atoms with Gasteiger partial charge in [-0.25, -0.2) is 9.78 Å². The Morgan fingerprint density at radius 2 is 2.31 bits per heavy atom. The lowest BCUT2D eigenvalue weighted by Gasteiger charge is -2.33. The molecule has 0 spiro atoms. The molecule has 0 bridgehead atoms. The summed E-state index contributed by atoms with van der Waals surface area (Å²) in [6, 6.07) is 3.45. The number of hydrogen-bond acceptors (Lipinski definition) is 3. The van der Waals surface area contributed by atoms with Crippen LogP contribution in [0.25, 0.3) is 0 Å². The molecule has 4 heteroatoms. The number of carboxylic acids is 1. The van der Waals surface area contributed by atoms with Crippen molar-refractivity contribution >= 4 is 11.8 Å². The summed E-state index contributed by atoms with van der Waals surface area (Å²) < 4.78 is 0. The van der Waals surface area contributed by atoms with Gasteiger partial charge < -0.3 is 10.0 Å². The predicted molar refractivity (Wildman–Crippen MR) is 61.6 cm³/mol. The van der Waals surface area contributed by atoms with Crippen molar-refractivity contribution in [1.82, 2.24) is 4.98 Å². The molecular weight excluding hydrogens is 204 g/mol. The van der Waals surface area contributed by atoms with Gasteiger partial charge in [-0.05, 0) is 37.8 Å². The van der Waals surface area contributed by atoms with E-state index in [1.54, 1.807) is 6.20 Å². The van der Waals surface area contributed by atoms with Crippen LogP contribution in [0.4, 0.5) is 5.82 Å². The Hall–Kier alpha value is -1.58. The van der Waals surface area contributed by atoms with E-state index < -0.39 is 12.0 Å². The Morgan fingerprint density at radius 3 is 2.94 bits per heavy atom. The van der Waals surface area contributed by atoms with Gasteiger partial charge in [0.2, 0.25) is 0 Å². The third-order valence-corrected chi connectivity index (χ3v) is 2.98. The van der Waals surface area contributed by atoms with Crippen LogP contribution in [0.3, 0.4) is 0 Å². The van der Waals surface area contributed by atoms with Crippen LogP contribution < -0.4 is 4.90 Å². The first-order valence-electron chi connectivity index (χ1n) is 5.60. The molecule has 2 heterocycles. The molecular formula is C12H16N2O2. The van der Waals surface area contributed by atoms with E-state index in [0.29, 0.717) is 6.42 Å². The van der Waals surface area contributed by atoms with Crippen molar-refractivity contribution in [3.05, 3.63) is 23.9 Å². The van der Waals surface area contributed by atoms with Gasteiger partial charge in [0, 0.05) is 12.7 Å². The maximum absolute atomic E-state index is 11.1. The van der Waals surface area contributed by atoms with E-state index in [4.69, 9.17) is 5.11 Å². The van der Waals surface area contributed by atoms with E-state index >= 15 is 0 Å². The summed E-state index contributed by atoms with van der Waals surface area (Å²) in [6.07, 6.45) is 4.52. The van der Waals surface area contributed by atoms with Crippen LogP contribution in [0.5, 0.6) is 0 Å². The van der Waals surface area contributed by atoms with Crippen molar-refractivity contribution in [2.45, 2.75) is 32.2 Å². The summed E-state index contributed by atoms with van der Waals surface area (Å²) in [7, 11) is 0. The normalized spacial score (nSPS) is 20.8. The highest BCUT2D eigenvalue weighted by atomic mass is 16.4. The Morgan fingerprint density at radius 1 is 1.50 bits per heavy atom. The molecule has 16 heavy (non-hydrogen) atoms. The van der Waals surface area contributed by atoms with Crippen LogP contribution in [0.2, 0.25) is 0 Å². The zero-order valence-electron chi connectivity index (χ0n) is 9.39. The zero-order chi connectivity index (χ0) is 11.5. The zero-order valence-corrected chi connectivity index (χ0v) is 9.39. The van der Waals surface area contributed by atoms with Gasteiger partial charge >= 0.3 is 5.97 Å². The first-order chi connectivity index (χ1) is 7.68. The molecule has 1 aromatic heterocycles. The van der Waals surface area contributed by atoms with E-state index in [-0.39, 0.29) is 0 Å². The largest absolute Gasteiger partial charge is 0.480 e. The number of pyridine rings is 1. The smallest absolute Gasteiger partial charge is 0.326 e. The van der Waals surface area contributed by atoms with Gasteiger partial charge in [0.1, 0.15) is 11.9 Å². The van der Waals surface area contributed by atoms with Gasteiger partial charge in [-0.3, -0.25) is 0 Å². The minimum absolute atomic E-state index is 0.413. The fourth-order valence-electron chi connectivity index (χ4n) is 2.09. The van der Waals surface area contributed by atoms with Gasteiger partial charge in [0.05, 0.1) is 0 Å². The summed E-state index contributed by atoms with van der Waals surface area (Å²) in [5, 5.41) is 9.16. The van der Waals surface area contributed by atoms with Gasteiger partial charge in [0.25, 0.3) is 0 Å². The van der Waals surface area contributed by atoms with Crippen molar-refractivity contribution < 1.29 is 9.90 Å². The average Bonchev–Trinajstić information content (AvgIpc) is 2.30. The Bertz CT molecular complexity index is 375. The SMILES string of the molecule is Cc1ccc(N2CCCCC2C(=O)O)nc1. The van der Waals surface area contributed by atoms with Crippen molar-refractivity contribution in [3.63, 3.8) is 0 Å². The van der Waals surface area contributed by atoms with Crippen LogP contribution in [-0.2, 0) is 4.79 Å². The summed E-state index contributed by atoms with van der Waals surface area (Å²) in [4.78, 5) is 17.3. The van der Waals surface area contributed by atoms with Crippen molar-refractivity contribution in [2.75, 3.05) is 11.4 Å². The van der Waals surface area contributed by atoms with Crippen molar-refractivity contribution in [2.24, 2.45) is 0 Å². The number of anilines is 1. The van der Waals surface area contributed by atoms with Crippen LogP contribution in [0, 0.1) is 6.92 Å². The summed E-state index contributed by atoms with van der Waals surface area (Å²) in [5.74, 6) is 0.0276. The number of aryl methyl sites for hydroxylation is 1. The number of carbonyl (C=O) groups is 1. The minimum atomic E-state index is -0.748. The molecule has 1 atom stereocenters. The summed E-state index contributed by atoms with van der Waals surface area (Å²) >= 11 is 0. The lowest BCUT2D eigenvalue weighted by Crippen LogP contribution is -2.45. The topological polar surface area (TPSA) is 53.4 Å². The second-order valence-corrected chi connectivity index (χ2v) is 4.24. The highest BCUT2D eigenvalue weighted by Gasteiger charge is 2.28. The van der Waals surface area contributed by atoms with Crippen molar-refractivity contribution in [1.29, 1.82) is 0 Å². The molecule has 1 fully saturated rings. The van der Waals surface area contributed by atoms with Gasteiger partial charge in [-0.1, -0.05) is 6.07 Å². The Balaban J connectivity index is 2.23. The number of rotatable bonds is 2. The molecule has 0 amide bonds. The molecule has 2 rings (SSSR count). The van der Waals surface area contributed by atoms with Crippen molar-refractivity contribution in [3.8, 4) is 0 Å². The fourth-order valence-corrected chi connectivity index (χ4v) is 2.09. The summed E-state index contributed by atoms with van der Waals surface area (Å²) in [5.41, 5.74) is 1.09. The predicted octanol–water partition coefficient (Wildman–Crippen LogP) is 1.83. The van der Waals surface area contributed by atoms with Gasteiger partial charge in [0.15, 0.2) is 0 Å². The monoisotopic (exact) mass is 220 g/mol. The number of aliphatic carboxylic acids is 1. The molecule has 1 unspecified atom stereocenters. The highest BCUT2D eigenvalue weighted by Crippen LogP contribution is 2.23. The lowest BCUT2D eigenvalue weighted by molar-refractivity contribution is -0.139. The van der Waals surface area contributed by atoms with Crippen LogP contribution in [0.1, 0.15) is 24.8 Å². The molecule has 1 saturated heterocycles. The maximum Gasteiger partial charge on any atom is 0.326 e. The Kier molecular flexibility index (Phi) is 3.08. The molecule has 86 valence electrons. The molecule has 1 aromatic rings. The van der Waals surface area contributed by atoms with E-state index in [2.05, 4.69) is 4.98 Å². The van der Waals surface area contributed by atoms with Gasteiger partial charge in [-0.15, -0.1) is 0 Å². The molecule has 0 aromatic carbocycles. The number of carboxylic acid groups (broad SMARTS) is 1.